The van der Waals surface area contributed by atoms with Crippen LogP contribution < -0.4 is 0 Å². The average Bonchev–Trinajstić information content (AvgIpc) is 2.19. The molecule has 2 heteroatoms. The molecule has 0 saturated carbocycles. The molecule has 0 N–H and O–H groups in total. The molecule has 2 nitrogen and oxygen atoms in total. The van der Waals surface area contributed by atoms with Crippen molar-refractivity contribution >= 4 is 6.29 Å². The molecule has 0 amide bonds. The molecular formula is C11H19NO. The second-order valence-electron chi connectivity index (χ2n) is 3.85. The van der Waals surface area contributed by atoms with Gasteiger partial charge in [-0.1, -0.05) is 19.1 Å². The van der Waals surface area contributed by atoms with Gasteiger partial charge in [0.25, 0.3) is 0 Å². The van der Waals surface area contributed by atoms with E-state index < -0.39 is 0 Å². The minimum atomic E-state index is 0.311. The van der Waals surface area contributed by atoms with Crippen molar-refractivity contribution in [1.29, 1.82) is 0 Å². The van der Waals surface area contributed by atoms with Gasteiger partial charge in [0.15, 0.2) is 0 Å². The van der Waals surface area contributed by atoms with Crippen molar-refractivity contribution in [3.05, 3.63) is 12.2 Å². The Hall–Kier alpha value is -0.630. The highest BCUT2D eigenvalue weighted by Crippen LogP contribution is 2.15. The van der Waals surface area contributed by atoms with Crippen LogP contribution in [-0.4, -0.2) is 30.8 Å². The molecule has 0 aliphatic carbocycles. The van der Waals surface area contributed by atoms with Gasteiger partial charge in [-0.25, -0.2) is 0 Å². The number of carbonyl (C=O) groups excluding carboxylic acids is 1. The van der Waals surface area contributed by atoms with Crippen molar-refractivity contribution in [1.82, 2.24) is 4.90 Å². The van der Waals surface area contributed by atoms with E-state index in [0.29, 0.717) is 5.92 Å². The van der Waals surface area contributed by atoms with Gasteiger partial charge < -0.3 is 4.79 Å². The maximum absolute atomic E-state index is 10.5. The molecule has 1 saturated heterocycles. The highest BCUT2D eigenvalue weighted by molar-refractivity contribution is 5.53. The van der Waals surface area contributed by atoms with Crippen LogP contribution in [-0.2, 0) is 4.79 Å². The van der Waals surface area contributed by atoms with E-state index in [2.05, 4.69) is 18.4 Å². The Morgan fingerprint density at radius 3 is 2.62 bits per heavy atom. The fourth-order valence-electron chi connectivity index (χ4n) is 1.68. The minimum absolute atomic E-state index is 0.311. The molecular weight excluding hydrogens is 162 g/mol. The van der Waals surface area contributed by atoms with E-state index in [1.165, 1.54) is 5.57 Å². The summed E-state index contributed by atoms with van der Waals surface area (Å²) in [6.07, 6.45) is 4.22. The number of carbonyl (C=O) groups is 1. The Labute approximate surface area is 80.6 Å². The summed E-state index contributed by atoms with van der Waals surface area (Å²) in [5.41, 5.74) is 1.30. The topological polar surface area (TPSA) is 20.3 Å². The lowest BCUT2D eigenvalue weighted by Gasteiger charge is -2.29. The van der Waals surface area contributed by atoms with Crippen molar-refractivity contribution in [2.75, 3.05) is 19.6 Å². The summed E-state index contributed by atoms with van der Waals surface area (Å²) in [5, 5.41) is 0. The quantitative estimate of drug-likeness (QED) is 0.487. The summed E-state index contributed by atoms with van der Waals surface area (Å²) in [6.45, 7) is 9.27. The summed E-state index contributed by atoms with van der Waals surface area (Å²) >= 11 is 0. The van der Waals surface area contributed by atoms with E-state index in [-0.39, 0.29) is 0 Å². The van der Waals surface area contributed by atoms with Crippen LogP contribution in [0.4, 0.5) is 0 Å². The molecule has 1 rings (SSSR count). The van der Waals surface area contributed by atoms with E-state index in [0.717, 1.165) is 45.2 Å². The largest absolute Gasteiger partial charge is 0.303 e. The fraction of sp³-hybridized carbons (Fsp3) is 0.727. The first-order valence-electron chi connectivity index (χ1n) is 5.10. The van der Waals surface area contributed by atoms with Crippen LogP contribution >= 0.6 is 0 Å². The van der Waals surface area contributed by atoms with Gasteiger partial charge >= 0.3 is 0 Å². The molecule has 0 aromatic carbocycles. The van der Waals surface area contributed by atoms with Crippen LogP contribution in [0.15, 0.2) is 12.2 Å². The number of piperidine rings is 1. The SMILES string of the molecule is C=C(CC)CN1CCC(C=O)CC1. The molecule has 74 valence electrons. The van der Waals surface area contributed by atoms with Crippen LogP contribution in [0.3, 0.4) is 0 Å². The molecule has 0 aromatic heterocycles. The lowest BCUT2D eigenvalue weighted by Crippen LogP contribution is -2.35. The maximum Gasteiger partial charge on any atom is 0.123 e. The van der Waals surface area contributed by atoms with Crippen molar-refractivity contribution in [3.63, 3.8) is 0 Å². The average molecular weight is 181 g/mol. The Kier molecular flexibility index (Phi) is 4.16. The van der Waals surface area contributed by atoms with Gasteiger partial charge in [0, 0.05) is 12.5 Å². The Balaban J connectivity index is 2.24. The molecule has 0 aromatic rings. The van der Waals surface area contributed by atoms with Crippen LogP contribution in [0.1, 0.15) is 26.2 Å². The first-order valence-corrected chi connectivity index (χ1v) is 5.10. The first-order chi connectivity index (χ1) is 6.26. The second-order valence-corrected chi connectivity index (χ2v) is 3.85. The van der Waals surface area contributed by atoms with E-state index in [1.807, 2.05) is 0 Å². The normalized spacial score (nSPS) is 20.1. The molecule has 1 fully saturated rings. The van der Waals surface area contributed by atoms with Gasteiger partial charge in [0.05, 0.1) is 0 Å². The third-order valence-electron chi connectivity index (χ3n) is 2.77. The maximum atomic E-state index is 10.5. The summed E-state index contributed by atoms with van der Waals surface area (Å²) in [6, 6.07) is 0. The number of hydrogen-bond donors (Lipinski definition) is 0. The summed E-state index contributed by atoms with van der Waals surface area (Å²) in [7, 11) is 0. The Morgan fingerprint density at radius 2 is 2.15 bits per heavy atom. The highest BCUT2D eigenvalue weighted by Gasteiger charge is 2.18. The Bertz CT molecular complexity index is 181. The minimum Gasteiger partial charge on any atom is -0.303 e. The molecule has 0 unspecified atom stereocenters. The third kappa shape index (κ3) is 3.31. The van der Waals surface area contributed by atoms with E-state index >= 15 is 0 Å². The molecule has 1 aliphatic rings. The Morgan fingerprint density at radius 1 is 1.54 bits per heavy atom. The molecule has 1 heterocycles. The second kappa shape index (κ2) is 5.18. The highest BCUT2D eigenvalue weighted by atomic mass is 16.1. The van der Waals surface area contributed by atoms with Crippen molar-refractivity contribution in [2.24, 2.45) is 5.92 Å². The predicted molar refractivity (Wildman–Crippen MR) is 54.7 cm³/mol. The number of nitrogens with zero attached hydrogens (tertiary/aromatic N) is 1. The molecule has 0 bridgehead atoms. The zero-order valence-corrected chi connectivity index (χ0v) is 8.46. The monoisotopic (exact) mass is 181 g/mol. The van der Waals surface area contributed by atoms with Gasteiger partial charge in [0.1, 0.15) is 6.29 Å². The smallest absolute Gasteiger partial charge is 0.123 e. The number of hydrogen-bond acceptors (Lipinski definition) is 2. The van der Waals surface area contributed by atoms with Gasteiger partial charge in [-0.15, -0.1) is 0 Å². The van der Waals surface area contributed by atoms with E-state index in [9.17, 15) is 4.79 Å². The third-order valence-corrected chi connectivity index (χ3v) is 2.77. The van der Waals surface area contributed by atoms with Crippen LogP contribution in [0.2, 0.25) is 0 Å². The zero-order chi connectivity index (χ0) is 9.68. The lowest BCUT2D eigenvalue weighted by atomic mass is 9.98. The fourth-order valence-corrected chi connectivity index (χ4v) is 1.68. The molecule has 1 aliphatic heterocycles. The molecule has 0 radical (unpaired) electrons. The summed E-state index contributed by atoms with van der Waals surface area (Å²) in [5.74, 6) is 0.311. The summed E-state index contributed by atoms with van der Waals surface area (Å²) in [4.78, 5) is 12.9. The molecule has 0 atom stereocenters. The lowest BCUT2D eigenvalue weighted by molar-refractivity contribution is -0.112. The van der Waals surface area contributed by atoms with Gasteiger partial charge in [-0.3, -0.25) is 4.90 Å². The van der Waals surface area contributed by atoms with Crippen molar-refractivity contribution in [3.8, 4) is 0 Å². The van der Waals surface area contributed by atoms with Gasteiger partial charge in [-0.2, -0.15) is 0 Å². The molecule has 13 heavy (non-hydrogen) atoms. The zero-order valence-electron chi connectivity index (χ0n) is 8.46. The summed E-state index contributed by atoms with van der Waals surface area (Å²) < 4.78 is 0. The number of aldehydes is 1. The van der Waals surface area contributed by atoms with Crippen molar-refractivity contribution in [2.45, 2.75) is 26.2 Å². The number of rotatable bonds is 4. The van der Waals surface area contributed by atoms with E-state index in [1.54, 1.807) is 0 Å². The van der Waals surface area contributed by atoms with E-state index in [4.69, 9.17) is 0 Å². The van der Waals surface area contributed by atoms with Crippen LogP contribution in [0.25, 0.3) is 0 Å². The van der Waals surface area contributed by atoms with Crippen molar-refractivity contribution < 1.29 is 4.79 Å². The van der Waals surface area contributed by atoms with Crippen LogP contribution in [0, 0.1) is 5.92 Å². The van der Waals surface area contributed by atoms with Gasteiger partial charge in [-0.05, 0) is 32.4 Å². The molecule has 0 spiro atoms. The first kappa shape index (κ1) is 10.5. The standard InChI is InChI=1S/C11H19NO/c1-3-10(2)8-12-6-4-11(9-13)5-7-12/h9,11H,2-8H2,1H3. The van der Waals surface area contributed by atoms with Crippen LogP contribution in [0.5, 0.6) is 0 Å². The van der Waals surface area contributed by atoms with Gasteiger partial charge in [0.2, 0.25) is 0 Å². The number of likely N-dealkylation sites (tertiary alicyclic amines) is 1. The predicted octanol–water partition coefficient (Wildman–Crippen LogP) is 1.86.